The molecule has 0 unspecified atom stereocenters. The van der Waals surface area contributed by atoms with E-state index in [0.717, 1.165) is 5.82 Å². The van der Waals surface area contributed by atoms with Crippen molar-refractivity contribution in [3.05, 3.63) is 11.9 Å². The van der Waals surface area contributed by atoms with Gasteiger partial charge in [-0.1, -0.05) is 0 Å². The van der Waals surface area contributed by atoms with Crippen molar-refractivity contribution in [2.24, 2.45) is 0 Å². The van der Waals surface area contributed by atoms with Crippen molar-refractivity contribution in [2.75, 3.05) is 14.2 Å². The average Bonchev–Trinajstić information content (AvgIpc) is 2.49. The van der Waals surface area contributed by atoms with Gasteiger partial charge in [0.2, 0.25) is 0 Å². The molecule has 6 nitrogen and oxygen atoms in total. The lowest BCUT2D eigenvalue weighted by molar-refractivity contribution is -0.0167. The molecule has 0 amide bonds. The summed E-state index contributed by atoms with van der Waals surface area (Å²) in [5, 5.41) is 0. The van der Waals surface area contributed by atoms with Gasteiger partial charge in [0, 0.05) is 26.0 Å². The third kappa shape index (κ3) is 3.41. The lowest BCUT2D eigenvalue weighted by Crippen LogP contribution is -2.35. The summed E-state index contributed by atoms with van der Waals surface area (Å²) < 4.78 is 26.1. The summed E-state index contributed by atoms with van der Waals surface area (Å²) in [6.45, 7) is 0. The zero-order valence-electron chi connectivity index (χ0n) is 9.02. The van der Waals surface area contributed by atoms with Crippen LogP contribution in [0, 0.1) is 0 Å². The molecule has 0 saturated carbocycles. The minimum atomic E-state index is -4.20. The monoisotopic (exact) mass is 248 g/mol. The van der Waals surface area contributed by atoms with Gasteiger partial charge in [-0.25, -0.2) is 0 Å². The number of hydrogen-bond donors (Lipinski definition) is 2. The quantitative estimate of drug-likeness (QED) is 0.520. The largest absolute Gasteiger partial charge is 0.377 e. The van der Waals surface area contributed by atoms with Crippen LogP contribution in [0.4, 0.5) is 0 Å². The van der Waals surface area contributed by atoms with E-state index < -0.39 is 31.9 Å². The number of rotatable bonds is 4. The molecule has 1 rings (SSSR count). The normalized spacial score (nSPS) is 36.0. The molecule has 0 aliphatic carbocycles. The predicted molar refractivity (Wildman–Crippen MR) is 57.2 cm³/mol. The second kappa shape index (κ2) is 5.45. The summed E-state index contributed by atoms with van der Waals surface area (Å²) in [5.41, 5.74) is 0. The first-order valence-electron chi connectivity index (χ1n) is 4.60. The molecule has 90 valence electrons. The van der Waals surface area contributed by atoms with Gasteiger partial charge in [0.25, 0.3) is 0 Å². The highest BCUT2D eigenvalue weighted by Gasteiger charge is 2.41. The maximum Gasteiger partial charge on any atom is 0.348 e. The van der Waals surface area contributed by atoms with Crippen LogP contribution >= 0.6 is 7.60 Å². The molecule has 2 N–H and O–H groups in total. The summed E-state index contributed by atoms with van der Waals surface area (Å²) in [5.74, 6) is 0.772. The fourth-order valence-electron chi connectivity index (χ4n) is 1.60. The summed E-state index contributed by atoms with van der Waals surface area (Å²) in [6.07, 6.45) is -0.329. The van der Waals surface area contributed by atoms with E-state index >= 15 is 0 Å². The molecule has 0 aromatic rings. The molecule has 1 heterocycles. The fourth-order valence-corrected chi connectivity index (χ4v) is 1.99. The van der Waals surface area contributed by atoms with Crippen LogP contribution in [-0.4, -0.2) is 56.2 Å². The molecule has 8 heteroatoms. The van der Waals surface area contributed by atoms with E-state index in [0.29, 0.717) is 0 Å². The Morgan fingerprint density at radius 2 is 1.88 bits per heavy atom. The van der Waals surface area contributed by atoms with Gasteiger partial charge in [-0.3, -0.25) is 4.57 Å². The van der Waals surface area contributed by atoms with Crippen LogP contribution in [0.2, 0.25) is 0 Å². The van der Waals surface area contributed by atoms with Crippen LogP contribution in [0.5, 0.6) is 0 Å². The average molecular weight is 248 g/mol. The van der Waals surface area contributed by atoms with Gasteiger partial charge in [-0.05, 0) is 6.08 Å². The van der Waals surface area contributed by atoms with Crippen molar-refractivity contribution in [3.63, 3.8) is 0 Å². The molecule has 16 heavy (non-hydrogen) atoms. The number of hydrogen-bond acceptors (Lipinski definition) is 4. The van der Waals surface area contributed by atoms with Crippen molar-refractivity contribution >= 4 is 15.4 Å². The smallest absolute Gasteiger partial charge is 0.348 e. The predicted octanol–water partition coefficient (Wildman–Crippen LogP) is -0.399. The Balaban J connectivity index is 2.75. The second-order valence-electron chi connectivity index (χ2n) is 3.40. The first-order valence-corrected chi connectivity index (χ1v) is 6.28. The Labute approximate surface area is 95.1 Å². The van der Waals surface area contributed by atoms with Gasteiger partial charge in [0.1, 0.15) is 26.2 Å². The Kier molecular flexibility index (Phi) is 4.73. The standard InChI is InChI=1S/C8H14BO6P/c1-13-6-5(3-4-16(10,11)12)15-8(9)7(6)14-2/h3-8H,1-2H3,(H2,10,11,12)/b4-3+/t5-,6-,7-,8-/m1/s1. The maximum atomic E-state index is 10.7. The number of methoxy groups -OCH3 is 2. The second-order valence-corrected chi connectivity index (χ2v) is 4.87. The molecule has 0 bridgehead atoms. The van der Waals surface area contributed by atoms with Crippen molar-refractivity contribution in [1.82, 2.24) is 0 Å². The van der Waals surface area contributed by atoms with E-state index in [1.165, 1.54) is 20.3 Å². The molecule has 2 radical (unpaired) electrons. The molecule has 1 fully saturated rings. The van der Waals surface area contributed by atoms with Crippen LogP contribution < -0.4 is 0 Å². The van der Waals surface area contributed by atoms with Crippen molar-refractivity contribution in [3.8, 4) is 0 Å². The van der Waals surface area contributed by atoms with Gasteiger partial charge >= 0.3 is 7.60 Å². The highest BCUT2D eigenvalue weighted by Crippen LogP contribution is 2.37. The zero-order chi connectivity index (χ0) is 12.3. The topological polar surface area (TPSA) is 85.2 Å². The van der Waals surface area contributed by atoms with E-state index in [1.54, 1.807) is 0 Å². The molecule has 0 aromatic heterocycles. The first kappa shape index (κ1) is 13.9. The Morgan fingerprint density at radius 1 is 1.31 bits per heavy atom. The third-order valence-electron chi connectivity index (χ3n) is 2.30. The van der Waals surface area contributed by atoms with Crippen LogP contribution in [0.3, 0.4) is 0 Å². The summed E-state index contributed by atoms with van der Waals surface area (Å²) >= 11 is 0. The van der Waals surface area contributed by atoms with E-state index in [2.05, 4.69) is 0 Å². The van der Waals surface area contributed by atoms with E-state index in [-0.39, 0.29) is 0 Å². The first-order chi connectivity index (χ1) is 7.39. The van der Waals surface area contributed by atoms with Crippen LogP contribution in [-0.2, 0) is 18.8 Å². The zero-order valence-corrected chi connectivity index (χ0v) is 9.91. The van der Waals surface area contributed by atoms with Crippen LogP contribution in [0.1, 0.15) is 0 Å². The summed E-state index contributed by atoms with van der Waals surface area (Å²) in [7, 11) is 4.35. The highest BCUT2D eigenvalue weighted by atomic mass is 31.2. The van der Waals surface area contributed by atoms with Crippen molar-refractivity contribution < 1.29 is 28.6 Å². The molecule has 1 aliphatic heterocycles. The SMILES string of the molecule is [B][C@@H]1O[C@H](/C=C/P(=O)(O)O)[C@@H](OC)[C@H]1OC. The van der Waals surface area contributed by atoms with Crippen LogP contribution in [0.25, 0.3) is 0 Å². The minimum Gasteiger partial charge on any atom is -0.377 e. The van der Waals surface area contributed by atoms with Gasteiger partial charge < -0.3 is 24.0 Å². The Hall–Kier alpha value is -0.165. The lowest BCUT2D eigenvalue weighted by Gasteiger charge is -2.19. The van der Waals surface area contributed by atoms with Crippen LogP contribution in [0.15, 0.2) is 11.9 Å². The third-order valence-corrected chi connectivity index (χ3v) is 2.86. The summed E-state index contributed by atoms with van der Waals surface area (Å²) in [4.78, 5) is 17.4. The molecular weight excluding hydrogens is 234 g/mol. The highest BCUT2D eigenvalue weighted by molar-refractivity contribution is 7.55. The van der Waals surface area contributed by atoms with E-state index in [1.807, 2.05) is 0 Å². The fraction of sp³-hybridized carbons (Fsp3) is 0.750. The molecule has 0 spiro atoms. The Bertz CT molecular complexity index is 303. The molecule has 0 aromatic carbocycles. The molecule has 4 atom stereocenters. The van der Waals surface area contributed by atoms with Gasteiger partial charge in [0.05, 0.1) is 0 Å². The molecular formula is C8H14BO6P. The van der Waals surface area contributed by atoms with E-state index in [4.69, 9.17) is 31.8 Å². The van der Waals surface area contributed by atoms with E-state index in [9.17, 15) is 4.57 Å². The van der Waals surface area contributed by atoms with Crippen molar-refractivity contribution in [2.45, 2.75) is 24.3 Å². The van der Waals surface area contributed by atoms with Gasteiger partial charge in [-0.15, -0.1) is 0 Å². The Morgan fingerprint density at radius 3 is 2.31 bits per heavy atom. The molecule has 1 saturated heterocycles. The number of ether oxygens (including phenoxy) is 3. The van der Waals surface area contributed by atoms with Gasteiger partial charge in [-0.2, -0.15) is 0 Å². The summed E-state index contributed by atoms with van der Waals surface area (Å²) in [6, 6.07) is -0.679. The van der Waals surface area contributed by atoms with Crippen molar-refractivity contribution in [1.29, 1.82) is 0 Å². The minimum absolute atomic E-state index is 0.462. The van der Waals surface area contributed by atoms with Gasteiger partial charge in [0.15, 0.2) is 0 Å². The maximum absolute atomic E-state index is 10.7. The molecule has 1 aliphatic rings. The lowest BCUT2D eigenvalue weighted by atomic mass is 9.93.